The highest BCUT2D eigenvalue weighted by molar-refractivity contribution is 5.36. The number of ether oxygens (including phenoxy) is 1. The van der Waals surface area contributed by atoms with Crippen LogP contribution in [0.25, 0.3) is 0 Å². The molecule has 0 atom stereocenters. The Morgan fingerprint density at radius 3 is 2.89 bits per heavy atom. The van der Waals surface area contributed by atoms with E-state index < -0.39 is 0 Å². The van der Waals surface area contributed by atoms with Crippen molar-refractivity contribution in [2.75, 3.05) is 12.4 Å². The third-order valence-electron chi connectivity index (χ3n) is 2.57. The molecule has 0 unspecified atom stereocenters. The number of nitrogens with one attached hydrogen (secondary N) is 1. The Bertz CT molecular complexity index is 468. The molecule has 0 spiro atoms. The van der Waals surface area contributed by atoms with Crippen molar-refractivity contribution in [1.29, 1.82) is 0 Å². The molecule has 0 aromatic carbocycles. The summed E-state index contributed by atoms with van der Waals surface area (Å²) < 4.78 is 5.08. The van der Waals surface area contributed by atoms with E-state index in [9.17, 15) is 0 Å². The second-order valence-corrected chi connectivity index (χ2v) is 3.81. The summed E-state index contributed by atoms with van der Waals surface area (Å²) in [5.41, 5.74) is 2.12. The minimum Gasteiger partial charge on any atom is -0.481 e. The van der Waals surface area contributed by atoms with Crippen LogP contribution in [-0.4, -0.2) is 22.1 Å². The third kappa shape index (κ3) is 3.16. The van der Waals surface area contributed by atoms with E-state index in [2.05, 4.69) is 27.2 Å². The standard InChI is InChI=1S/C13H16N4O/c1-3-11-7-12(17-9-16-11)15-8-10-4-5-14-13(6-10)18-2/h4-7,9H,3,8H2,1-2H3,(H,15,16,17). The molecule has 0 saturated carbocycles. The molecule has 18 heavy (non-hydrogen) atoms. The lowest BCUT2D eigenvalue weighted by atomic mass is 10.2. The van der Waals surface area contributed by atoms with Crippen LogP contribution in [0.2, 0.25) is 0 Å². The van der Waals surface area contributed by atoms with Crippen molar-refractivity contribution in [2.45, 2.75) is 19.9 Å². The van der Waals surface area contributed by atoms with Gasteiger partial charge in [0, 0.05) is 30.6 Å². The lowest BCUT2D eigenvalue weighted by molar-refractivity contribution is 0.397. The van der Waals surface area contributed by atoms with Crippen LogP contribution in [0.15, 0.2) is 30.7 Å². The van der Waals surface area contributed by atoms with Gasteiger partial charge < -0.3 is 10.1 Å². The van der Waals surface area contributed by atoms with Crippen LogP contribution in [0.4, 0.5) is 5.82 Å². The second kappa shape index (κ2) is 5.95. The summed E-state index contributed by atoms with van der Waals surface area (Å²) in [6.07, 6.45) is 4.21. The van der Waals surface area contributed by atoms with Crippen LogP contribution in [0.3, 0.4) is 0 Å². The van der Waals surface area contributed by atoms with Gasteiger partial charge in [-0.2, -0.15) is 0 Å². The van der Waals surface area contributed by atoms with Crippen LogP contribution in [-0.2, 0) is 13.0 Å². The zero-order chi connectivity index (χ0) is 12.8. The molecule has 0 saturated heterocycles. The summed E-state index contributed by atoms with van der Waals surface area (Å²) >= 11 is 0. The largest absolute Gasteiger partial charge is 0.481 e. The van der Waals surface area contributed by atoms with Gasteiger partial charge in [-0.3, -0.25) is 0 Å². The lowest BCUT2D eigenvalue weighted by Crippen LogP contribution is -2.03. The first-order valence-corrected chi connectivity index (χ1v) is 5.85. The first-order valence-electron chi connectivity index (χ1n) is 5.85. The molecule has 0 amide bonds. The van der Waals surface area contributed by atoms with Crippen LogP contribution in [0.5, 0.6) is 5.88 Å². The van der Waals surface area contributed by atoms with Crippen molar-refractivity contribution in [2.24, 2.45) is 0 Å². The Hall–Kier alpha value is -2.17. The topological polar surface area (TPSA) is 59.9 Å². The molecule has 0 aliphatic carbocycles. The molecule has 0 bridgehead atoms. The Morgan fingerprint density at radius 1 is 1.22 bits per heavy atom. The van der Waals surface area contributed by atoms with Gasteiger partial charge >= 0.3 is 0 Å². The van der Waals surface area contributed by atoms with Gasteiger partial charge in [0.25, 0.3) is 0 Å². The van der Waals surface area contributed by atoms with Gasteiger partial charge in [-0.15, -0.1) is 0 Å². The van der Waals surface area contributed by atoms with Crippen LogP contribution < -0.4 is 10.1 Å². The molecule has 1 N–H and O–H groups in total. The maximum Gasteiger partial charge on any atom is 0.213 e. The molecular weight excluding hydrogens is 228 g/mol. The van der Waals surface area contributed by atoms with E-state index in [-0.39, 0.29) is 0 Å². The molecule has 2 aromatic heterocycles. The minimum absolute atomic E-state index is 0.617. The third-order valence-corrected chi connectivity index (χ3v) is 2.57. The fourth-order valence-electron chi connectivity index (χ4n) is 1.55. The average molecular weight is 244 g/mol. The van der Waals surface area contributed by atoms with E-state index in [4.69, 9.17) is 4.74 Å². The van der Waals surface area contributed by atoms with E-state index in [1.807, 2.05) is 18.2 Å². The van der Waals surface area contributed by atoms with Crippen molar-refractivity contribution < 1.29 is 4.74 Å². The number of aryl methyl sites for hydroxylation is 1. The molecule has 94 valence electrons. The summed E-state index contributed by atoms with van der Waals surface area (Å²) in [5, 5.41) is 3.25. The number of anilines is 1. The lowest BCUT2D eigenvalue weighted by Gasteiger charge is -2.07. The normalized spacial score (nSPS) is 10.1. The number of hydrogen-bond donors (Lipinski definition) is 1. The van der Waals surface area contributed by atoms with Gasteiger partial charge in [-0.1, -0.05) is 6.92 Å². The molecule has 2 heterocycles. The Balaban J connectivity index is 2.01. The SMILES string of the molecule is CCc1cc(NCc2ccnc(OC)c2)ncn1. The van der Waals surface area contributed by atoms with E-state index in [0.717, 1.165) is 23.5 Å². The first kappa shape index (κ1) is 12.3. The quantitative estimate of drug-likeness (QED) is 0.872. The molecule has 2 rings (SSSR count). The molecular formula is C13H16N4O. The van der Waals surface area contributed by atoms with Crippen molar-refractivity contribution in [1.82, 2.24) is 15.0 Å². The van der Waals surface area contributed by atoms with E-state index in [0.29, 0.717) is 12.4 Å². The van der Waals surface area contributed by atoms with Crippen LogP contribution in [0, 0.1) is 0 Å². The molecule has 0 aliphatic rings. The number of hydrogen-bond acceptors (Lipinski definition) is 5. The average Bonchev–Trinajstić information content (AvgIpc) is 2.45. The van der Waals surface area contributed by atoms with Gasteiger partial charge in [0.05, 0.1) is 7.11 Å². The van der Waals surface area contributed by atoms with Crippen molar-refractivity contribution in [3.8, 4) is 5.88 Å². The zero-order valence-electron chi connectivity index (χ0n) is 10.6. The highest BCUT2D eigenvalue weighted by Gasteiger charge is 1.99. The number of rotatable bonds is 5. The van der Waals surface area contributed by atoms with Gasteiger partial charge in [-0.25, -0.2) is 15.0 Å². The van der Waals surface area contributed by atoms with Gasteiger partial charge in [0.15, 0.2) is 0 Å². The van der Waals surface area contributed by atoms with E-state index in [1.54, 1.807) is 19.6 Å². The summed E-state index contributed by atoms with van der Waals surface area (Å²) in [4.78, 5) is 12.4. The van der Waals surface area contributed by atoms with Crippen LogP contribution in [0.1, 0.15) is 18.2 Å². The fraction of sp³-hybridized carbons (Fsp3) is 0.308. The van der Waals surface area contributed by atoms with Gasteiger partial charge in [0.2, 0.25) is 5.88 Å². The second-order valence-electron chi connectivity index (χ2n) is 3.81. The molecule has 0 radical (unpaired) electrons. The molecule has 0 aliphatic heterocycles. The maximum absolute atomic E-state index is 5.08. The number of aromatic nitrogens is 3. The van der Waals surface area contributed by atoms with Gasteiger partial charge in [0.1, 0.15) is 12.1 Å². The Kier molecular flexibility index (Phi) is 4.06. The Labute approximate surface area is 106 Å². The molecule has 0 fully saturated rings. The van der Waals surface area contributed by atoms with Crippen molar-refractivity contribution >= 4 is 5.82 Å². The van der Waals surface area contributed by atoms with Crippen LogP contribution >= 0.6 is 0 Å². The van der Waals surface area contributed by atoms with Crippen molar-refractivity contribution in [3.05, 3.63) is 42.0 Å². The minimum atomic E-state index is 0.617. The number of methoxy groups -OCH3 is 1. The maximum atomic E-state index is 5.08. The summed E-state index contributed by atoms with van der Waals surface area (Å²) in [6.45, 7) is 2.75. The summed E-state index contributed by atoms with van der Waals surface area (Å²) in [5.74, 6) is 1.45. The van der Waals surface area contributed by atoms with Crippen molar-refractivity contribution in [3.63, 3.8) is 0 Å². The highest BCUT2D eigenvalue weighted by atomic mass is 16.5. The summed E-state index contributed by atoms with van der Waals surface area (Å²) in [7, 11) is 1.61. The number of pyridine rings is 1. The first-order chi connectivity index (χ1) is 8.81. The molecule has 5 nitrogen and oxygen atoms in total. The predicted octanol–water partition coefficient (Wildman–Crippen LogP) is 2.05. The zero-order valence-corrected chi connectivity index (χ0v) is 10.6. The van der Waals surface area contributed by atoms with E-state index in [1.165, 1.54) is 0 Å². The highest BCUT2D eigenvalue weighted by Crippen LogP contribution is 2.11. The summed E-state index contributed by atoms with van der Waals surface area (Å²) in [6, 6.07) is 5.80. The molecule has 2 aromatic rings. The van der Waals surface area contributed by atoms with Gasteiger partial charge in [-0.05, 0) is 18.1 Å². The fourth-order valence-corrected chi connectivity index (χ4v) is 1.55. The Morgan fingerprint density at radius 2 is 2.11 bits per heavy atom. The van der Waals surface area contributed by atoms with E-state index >= 15 is 0 Å². The molecule has 5 heteroatoms. The predicted molar refractivity (Wildman–Crippen MR) is 69.5 cm³/mol. The number of nitrogens with zero attached hydrogens (tertiary/aromatic N) is 3. The monoisotopic (exact) mass is 244 g/mol. The smallest absolute Gasteiger partial charge is 0.213 e.